The highest BCUT2D eigenvalue weighted by atomic mass is 16.5. The van der Waals surface area contributed by atoms with Gasteiger partial charge in [0.25, 0.3) is 0 Å². The zero-order valence-electron chi connectivity index (χ0n) is 11.3. The maximum absolute atomic E-state index is 5.35. The Labute approximate surface area is 101 Å². The third kappa shape index (κ3) is 4.40. The minimum atomic E-state index is 0.343. The van der Waals surface area contributed by atoms with Crippen LogP contribution in [0.1, 0.15) is 33.6 Å². The van der Waals surface area contributed by atoms with Gasteiger partial charge in [0, 0.05) is 26.2 Å². The Bertz CT molecular complexity index is 187. The second-order valence-electron chi connectivity index (χ2n) is 5.11. The smallest absolute Gasteiger partial charge is 0.0670 e. The van der Waals surface area contributed by atoms with Crippen LogP contribution in [-0.2, 0) is 4.74 Å². The molecular formula is C13H28N2O. The molecule has 0 radical (unpaired) electrons. The number of hydrogen-bond acceptors (Lipinski definition) is 3. The van der Waals surface area contributed by atoms with Crippen molar-refractivity contribution in [3.8, 4) is 0 Å². The molecular weight excluding hydrogens is 200 g/mol. The minimum Gasteiger partial charge on any atom is -0.380 e. The van der Waals surface area contributed by atoms with Crippen molar-refractivity contribution in [2.45, 2.75) is 45.8 Å². The van der Waals surface area contributed by atoms with E-state index in [9.17, 15) is 0 Å². The molecule has 1 fully saturated rings. The first-order valence-electron chi connectivity index (χ1n) is 6.65. The van der Waals surface area contributed by atoms with Crippen LogP contribution in [0, 0.1) is 5.92 Å². The Hall–Kier alpha value is -0.120. The van der Waals surface area contributed by atoms with E-state index in [0.29, 0.717) is 12.1 Å². The zero-order valence-corrected chi connectivity index (χ0v) is 11.3. The van der Waals surface area contributed by atoms with Crippen molar-refractivity contribution in [2.75, 3.05) is 33.3 Å². The van der Waals surface area contributed by atoms with Gasteiger partial charge in [-0.2, -0.15) is 0 Å². The van der Waals surface area contributed by atoms with Crippen molar-refractivity contribution in [1.29, 1.82) is 0 Å². The van der Waals surface area contributed by atoms with E-state index in [4.69, 9.17) is 4.74 Å². The molecule has 0 aliphatic carbocycles. The minimum absolute atomic E-state index is 0.343. The summed E-state index contributed by atoms with van der Waals surface area (Å²) in [5.41, 5.74) is 0. The van der Waals surface area contributed by atoms with E-state index < -0.39 is 0 Å². The highest BCUT2D eigenvalue weighted by molar-refractivity contribution is 4.80. The summed E-state index contributed by atoms with van der Waals surface area (Å²) in [5.74, 6) is 0.762. The monoisotopic (exact) mass is 228 g/mol. The van der Waals surface area contributed by atoms with Gasteiger partial charge in [0.15, 0.2) is 0 Å². The van der Waals surface area contributed by atoms with E-state index in [1.165, 1.54) is 25.9 Å². The zero-order chi connectivity index (χ0) is 12.0. The van der Waals surface area contributed by atoms with Gasteiger partial charge < -0.3 is 10.1 Å². The third-order valence-electron chi connectivity index (χ3n) is 3.76. The van der Waals surface area contributed by atoms with Gasteiger partial charge in [0.2, 0.25) is 0 Å². The molecule has 1 N–H and O–H groups in total. The number of methoxy groups -OCH3 is 1. The van der Waals surface area contributed by atoms with Crippen LogP contribution in [-0.4, -0.2) is 50.3 Å². The number of ether oxygens (including phenoxy) is 1. The van der Waals surface area contributed by atoms with Crippen LogP contribution in [0.5, 0.6) is 0 Å². The lowest BCUT2D eigenvalue weighted by atomic mass is 9.99. The lowest BCUT2D eigenvalue weighted by Gasteiger charge is -2.29. The molecule has 1 aliphatic heterocycles. The Morgan fingerprint density at radius 3 is 2.81 bits per heavy atom. The fourth-order valence-electron chi connectivity index (χ4n) is 2.29. The highest BCUT2D eigenvalue weighted by Crippen LogP contribution is 2.12. The van der Waals surface area contributed by atoms with Gasteiger partial charge >= 0.3 is 0 Å². The highest BCUT2D eigenvalue weighted by Gasteiger charge is 2.22. The van der Waals surface area contributed by atoms with Gasteiger partial charge in [-0.05, 0) is 32.4 Å². The molecule has 1 saturated heterocycles. The van der Waals surface area contributed by atoms with Crippen molar-refractivity contribution in [3.05, 3.63) is 0 Å². The molecule has 96 valence electrons. The lowest BCUT2D eigenvalue weighted by molar-refractivity contribution is 0.0742. The average Bonchev–Trinajstić information content (AvgIpc) is 2.53. The van der Waals surface area contributed by atoms with E-state index in [2.05, 4.69) is 31.0 Å². The van der Waals surface area contributed by atoms with Crippen LogP contribution in [0.3, 0.4) is 0 Å². The summed E-state index contributed by atoms with van der Waals surface area (Å²) in [5, 5.41) is 3.67. The maximum Gasteiger partial charge on any atom is 0.0670 e. The molecule has 16 heavy (non-hydrogen) atoms. The van der Waals surface area contributed by atoms with Gasteiger partial charge in [0.1, 0.15) is 0 Å². The van der Waals surface area contributed by atoms with Crippen LogP contribution in [0.4, 0.5) is 0 Å². The summed E-state index contributed by atoms with van der Waals surface area (Å²) >= 11 is 0. The standard InChI is InChI=1S/C13H28N2O/c1-5-11(2)13-10-15(8-6-7-14-13)9-12(3)16-4/h11-14H,5-10H2,1-4H3. The van der Waals surface area contributed by atoms with Gasteiger partial charge in [0.05, 0.1) is 6.10 Å². The number of nitrogens with zero attached hydrogens (tertiary/aromatic N) is 1. The van der Waals surface area contributed by atoms with E-state index in [-0.39, 0.29) is 0 Å². The van der Waals surface area contributed by atoms with Crippen molar-refractivity contribution < 1.29 is 4.74 Å². The molecule has 0 spiro atoms. The van der Waals surface area contributed by atoms with Crippen LogP contribution in [0.15, 0.2) is 0 Å². The van der Waals surface area contributed by atoms with Crippen molar-refractivity contribution >= 4 is 0 Å². The molecule has 3 atom stereocenters. The van der Waals surface area contributed by atoms with Crippen LogP contribution in [0.2, 0.25) is 0 Å². The Morgan fingerprint density at radius 1 is 1.44 bits per heavy atom. The number of rotatable bonds is 5. The number of nitrogens with one attached hydrogen (secondary N) is 1. The second-order valence-corrected chi connectivity index (χ2v) is 5.11. The van der Waals surface area contributed by atoms with Crippen LogP contribution >= 0.6 is 0 Å². The predicted octanol–water partition coefficient (Wildman–Crippen LogP) is 1.73. The quantitative estimate of drug-likeness (QED) is 0.775. The molecule has 0 amide bonds. The molecule has 3 nitrogen and oxygen atoms in total. The largest absolute Gasteiger partial charge is 0.380 e. The number of hydrogen-bond donors (Lipinski definition) is 1. The first-order chi connectivity index (χ1) is 7.67. The molecule has 3 unspecified atom stereocenters. The topological polar surface area (TPSA) is 24.5 Å². The second kappa shape index (κ2) is 7.25. The summed E-state index contributed by atoms with van der Waals surface area (Å²) < 4.78 is 5.35. The molecule has 1 rings (SSSR count). The van der Waals surface area contributed by atoms with Gasteiger partial charge in [-0.25, -0.2) is 0 Å². The Balaban J connectivity index is 2.45. The van der Waals surface area contributed by atoms with Gasteiger partial charge in [-0.1, -0.05) is 20.3 Å². The fraction of sp³-hybridized carbons (Fsp3) is 1.00. The van der Waals surface area contributed by atoms with Crippen molar-refractivity contribution in [1.82, 2.24) is 10.2 Å². The summed E-state index contributed by atoms with van der Waals surface area (Å²) in [6.07, 6.45) is 2.85. The lowest BCUT2D eigenvalue weighted by Crippen LogP contribution is -2.43. The molecule has 1 aliphatic rings. The van der Waals surface area contributed by atoms with E-state index >= 15 is 0 Å². The fourth-order valence-corrected chi connectivity index (χ4v) is 2.29. The van der Waals surface area contributed by atoms with Gasteiger partial charge in [-0.15, -0.1) is 0 Å². The molecule has 0 aromatic rings. The SMILES string of the molecule is CCC(C)C1CN(CC(C)OC)CCCN1. The first-order valence-corrected chi connectivity index (χ1v) is 6.65. The average molecular weight is 228 g/mol. The van der Waals surface area contributed by atoms with Crippen molar-refractivity contribution in [3.63, 3.8) is 0 Å². The maximum atomic E-state index is 5.35. The Kier molecular flexibility index (Phi) is 6.32. The summed E-state index contributed by atoms with van der Waals surface area (Å²) in [6.45, 7) is 11.4. The van der Waals surface area contributed by atoms with Crippen LogP contribution < -0.4 is 5.32 Å². The summed E-state index contributed by atoms with van der Waals surface area (Å²) in [7, 11) is 1.80. The molecule has 3 heteroatoms. The first kappa shape index (κ1) is 13.9. The third-order valence-corrected chi connectivity index (χ3v) is 3.76. The van der Waals surface area contributed by atoms with Crippen molar-refractivity contribution in [2.24, 2.45) is 5.92 Å². The molecule has 1 heterocycles. The molecule has 0 saturated carbocycles. The summed E-state index contributed by atoms with van der Waals surface area (Å²) in [6, 6.07) is 0.650. The Morgan fingerprint density at radius 2 is 2.19 bits per heavy atom. The molecule has 0 aromatic carbocycles. The molecule has 0 bridgehead atoms. The van der Waals surface area contributed by atoms with E-state index in [1.807, 2.05) is 0 Å². The van der Waals surface area contributed by atoms with E-state index in [0.717, 1.165) is 19.0 Å². The molecule has 0 aromatic heterocycles. The summed E-state index contributed by atoms with van der Waals surface area (Å²) in [4.78, 5) is 2.55. The predicted molar refractivity (Wildman–Crippen MR) is 68.8 cm³/mol. The van der Waals surface area contributed by atoms with Crippen LogP contribution in [0.25, 0.3) is 0 Å². The van der Waals surface area contributed by atoms with E-state index in [1.54, 1.807) is 7.11 Å². The normalized spacial score (nSPS) is 27.4. The van der Waals surface area contributed by atoms with Gasteiger partial charge in [-0.3, -0.25) is 4.90 Å².